The largest absolute Gasteiger partial charge is 0.397 e. The Balaban J connectivity index is 1.87. The number of aromatic nitrogens is 1. The Morgan fingerprint density at radius 1 is 1.22 bits per heavy atom. The summed E-state index contributed by atoms with van der Waals surface area (Å²) in [5, 5.41) is 0.922. The van der Waals surface area contributed by atoms with Crippen LogP contribution in [0.5, 0.6) is 0 Å². The van der Waals surface area contributed by atoms with Crippen LogP contribution >= 0.6 is 11.3 Å². The Morgan fingerprint density at radius 2 is 1.89 bits per heavy atom. The van der Waals surface area contributed by atoms with Crippen LogP contribution in [0.1, 0.15) is 40.2 Å². The highest BCUT2D eigenvalue weighted by molar-refractivity contribution is 7.21. The van der Waals surface area contributed by atoms with Gasteiger partial charge in [0.2, 0.25) is 0 Å². The zero-order chi connectivity index (χ0) is 19.3. The summed E-state index contributed by atoms with van der Waals surface area (Å²) < 4.78 is 0. The summed E-state index contributed by atoms with van der Waals surface area (Å²) in [6.07, 6.45) is 1.87. The first kappa shape index (κ1) is 17.8. The lowest BCUT2D eigenvalue weighted by Crippen LogP contribution is -2.20. The summed E-state index contributed by atoms with van der Waals surface area (Å²) >= 11 is 1.30. The second-order valence-corrected chi connectivity index (χ2v) is 9.14. The second kappa shape index (κ2) is 6.23. The van der Waals surface area contributed by atoms with Gasteiger partial charge < -0.3 is 16.4 Å². The average Bonchev–Trinajstić information content (AvgIpc) is 3.10. The van der Waals surface area contributed by atoms with Gasteiger partial charge in [0.25, 0.3) is 5.91 Å². The number of amides is 1. The van der Waals surface area contributed by atoms with Crippen LogP contribution in [-0.4, -0.2) is 17.9 Å². The maximum Gasteiger partial charge on any atom is 0.260 e. The van der Waals surface area contributed by atoms with E-state index >= 15 is 0 Å². The van der Waals surface area contributed by atoms with Gasteiger partial charge >= 0.3 is 0 Å². The first-order valence-electron chi connectivity index (χ1n) is 9.05. The van der Waals surface area contributed by atoms with Gasteiger partial charge in [-0.3, -0.25) is 4.79 Å². The van der Waals surface area contributed by atoms with Crippen LogP contribution in [0.15, 0.2) is 30.3 Å². The number of carbonyl (C=O) groups excluding carboxylic acids is 1. The Hall–Kier alpha value is -2.60. The number of nitrogens with two attached hydrogens (primary N) is 2. The molecule has 2 heterocycles. The number of thiophene rings is 1. The molecular formula is C21H24N4OS. The number of hydrogen-bond acceptors (Lipinski definition) is 5. The van der Waals surface area contributed by atoms with E-state index in [4.69, 9.17) is 16.5 Å². The first-order valence-corrected chi connectivity index (χ1v) is 9.87. The van der Waals surface area contributed by atoms with Crippen molar-refractivity contribution in [2.24, 2.45) is 11.1 Å². The minimum absolute atomic E-state index is 0.141. The molecule has 4 rings (SSSR count). The lowest BCUT2D eigenvalue weighted by atomic mass is 9.90. The molecule has 4 N–H and O–H groups in total. The van der Waals surface area contributed by atoms with Gasteiger partial charge in [0.15, 0.2) is 0 Å². The summed E-state index contributed by atoms with van der Waals surface area (Å²) in [6, 6.07) is 10.4. The van der Waals surface area contributed by atoms with E-state index in [0.717, 1.165) is 35.4 Å². The molecule has 3 aromatic rings. The molecule has 0 atom stereocenters. The fourth-order valence-corrected chi connectivity index (χ4v) is 5.06. The zero-order valence-corrected chi connectivity index (χ0v) is 16.7. The molecule has 1 aliphatic carbocycles. The highest BCUT2D eigenvalue weighted by Gasteiger charge is 2.35. The molecular weight excluding hydrogens is 356 g/mol. The monoisotopic (exact) mass is 380 g/mol. The molecule has 0 saturated heterocycles. The summed E-state index contributed by atoms with van der Waals surface area (Å²) in [4.78, 5) is 20.1. The molecule has 140 valence electrons. The second-order valence-electron chi connectivity index (χ2n) is 8.14. The molecule has 2 aromatic heterocycles. The van der Waals surface area contributed by atoms with Crippen LogP contribution in [-0.2, 0) is 19.4 Å². The predicted molar refractivity (Wildman–Crippen MR) is 112 cm³/mol. The molecule has 27 heavy (non-hydrogen) atoms. The third kappa shape index (κ3) is 3.04. The van der Waals surface area contributed by atoms with Crippen LogP contribution in [0.25, 0.3) is 10.2 Å². The normalized spacial score (nSPS) is 15.1. The lowest BCUT2D eigenvalue weighted by molar-refractivity contribution is 0.100. The van der Waals surface area contributed by atoms with Crippen molar-refractivity contribution in [3.8, 4) is 0 Å². The number of pyridine rings is 1. The molecule has 0 saturated carbocycles. The van der Waals surface area contributed by atoms with Crippen LogP contribution in [0.4, 0.5) is 11.5 Å². The minimum atomic E-state index is -0.485. The molecule has 0 unspecified atom stereocenters. The third-order valence-electron chi connectivity index (χ3n) is 5.23. The number of carbonyl (C=O) groups is 1. The topological polar surface area (TPSA) is 85.2 Å². The maximum absolute atomic E-state index is 11.8. The van der Waals surface area contributed by atoms with Crippen molar-refractivity contribution in [3.05, 3.63) is 51.9 Å². The van der Waals surface area contributed by atoms with Crippen LogP contribution in [0.2, 0.25) is 0 Å². The molecule has 0 radical (unpaired) electrons. The number of nitrogen functional groups attached to an aromatic ring is 1. The Kier molecular flexibility index (Phi) is 4.11. The van der Waals surface area contributed by atoms with Gasteiger partial charge in [0.05, 0.1) is 5.69 Å². The van der Waals surface area contributed by atoms with Gasteiger partial charge in [-0.15, -0.1) is 11.3 Å². The van der Waals surface area contributed by atoms with Crippen molar-refractivity contribution in [2.75, 3.05) is 17.7 Å². The van der Waals surface area contributed by atoms with E-state index < -0.39 is 5.91 Å². The van der Waals surface area contributed by atoms with Crippen molar-refractivity contribution < 1.29 is 4.79 Å². The maximum atomic E-state index is 11.8. The van der Waals surface area contributed by atoms with Crippen LogP contribution in [0.3, 0.4) is 0 Å². The van der Waals surface area contributed by atoms with E-state index in [2.05, 4.69) is 37.9 Å². The average molecular weight is 381 g/mol. The number of hydrogen-bond donors (Lipinski definition) is 2. The molecule has 1 aliphatic rings. The quantitative estimate of drug-likeness (QED) is 0.722. The van der Waals surface area contributed by atoms with E-state index in [1.807, 2.05) is 18.2 Å². The molecule has 0 fully saturated rings. The van der Waals surface area contributed by atoms with Crippen LogP contribution < -0.4 is 16.4 Å². The van der Waals surface area contributed by atoms with Gasteiger partial charge in [-0.05, 0) is 34.9 Å². The van der Waals surface area contributed by atoms with Gasteiger partial charge in [-0.1, -0.05) is 44.2 Å². The molecule has 5 nitrogen and oxygen atoms in total. The molecule has 6 heteroatoms. The van der Waals surface area contributed by atoms with E-state index in [-0.39, 0.29) is 5.41 Å². The van der Waals surface area contributed by atoms with Crippen molar-refractivity contribution in [2.45, 2.75) is 33.2 Å². The van der Waals surface area contributed by atoms with E-state index in [1.54, 1.807) is 0 Å². The van der Waals surface area contributed by atoms with Crippen molar-refractivity contribution in [1.29, 1.82) is 0 Å². The van der Waals surface area contributed by atoms with Gasteiger partial charge in [0, 0.05) is 19.0 Å². The van der Waals surface area contributed by atoms with E-state index in [0.29, 0.717) is 10.6 Å². The Morgan fingerprint density at radius 3 is 2.56 bits per heavy atom. The first-order chi connectivity index (χ1) is 12.8. The van der Waals surface area contributed by atoms with E-state index in [9.17, 15) is 4.79 Å². The summed E-state index contributed by atoms with van der Waals surface area (Å²) in [6.45, 7) is 5.30. The number of primary amides is 1. The minimum Gasteiger partial charge on any atom is -0.397 e. The van der Waals surface area contributed by atoms with Crippen molar-refractivity contribution >= 4 is 39.0 Å². The summed E-state index contributed by atoms with van der Waals surface area (Å²) in [7, 11) is 2.07. The number of anilines is 2. The smallest absolute Gasteiger partial charge is 0.260 e. The molecule has 0 bridgehead atoms. The number of benzene rings is 1. The number of nitrogens with zero attached hydrogens (tertiary/aromatic N) is 2. The van der Waals surface area contributed by atoms with E-state index in [1.165, 1.54) is 28.0 Å². The third-order valence-corrected chi connectivity index (χ3v) is 6.34. The van der Waals surface area contributed by atoms with Crippen molar-refractivity contribution in [3.63, 3.8) is 0 Å². The fourth-order valence-electron chi connectivity index (χ4n) is 4.08. The lowest BCUT2D eigenvalue weighted by Gasteiger charge is -2.22. The highest BCUT2D eigenvalue weighted by Crippen LogP contribution is 2.47. The molecule has 0 aliphatic heterocycles. The molecule has 1 aromatic carbocycles. The Labute approximate surface area is 163 Å². The standard InChI is InChI=1S/C21H24N4OS/c1-21(2)9-13-14(10-21)19(25(3)11-12-7-5-4-6-8-12)24-20-15(13)16(22)17(27-20)18(23)26/h4-8H,9-11,22H2,1-3H3,(H2,23,26). The molecule has 0 spiro atoms. The Bertz CT molecular complexity index is 1040. The van der Waals surface area contributed by atoms with Gasteiger partial charge in [-0.25, -0.2) is 4.98 Å². The predicted octanol–water partition coefficient (Wildman–Crippen LogP) is 3.74. The fraction of sp³-hybridized carbons (Fsp3) is 0.333. The highest BCUT2D eigenvalue weighted by atomic mass is 32.1. The number of fused-ring (bicyclic) bond motifs is 3. The number of rotatable bonds is 4. The van der Waals surface area contributed by atoms with Crippen LogP contribution in [0, 0.1) is 5.41 Å². The summed E-state index contributed by atoms with van der Waals surface area (Å²) in [5.41, 5.74) is 16.2. The zero-order valence-electron chi connectivity index (χ0n) is 15.9. The van der Waals surface area contributed by atoms with Gasteiger partial charge in [-0.2, -0.15) is 0 Å². The van der Waals surface area contributed by atoms with Gasteiger partial charge in [0.1, 0.15) is 15.5 Å². The molecule has 1 amide bonds. The SMILES string of the molecule is CN(Cc1ccccc1)c1nc2sc(C(N)=O)c(N)c2c2c1CC(C)(C)C2. The summed E-state index contributed by atoms with van der Waals surface area (Å²) in [5.74, 6) is 0.491. The van der Waals surface area contributed by atoms with Crippen molar-refractivity contribution in [1.82, 2.24) is 4.98 Å².